The van der Waals surface area contributed by atoms with E-state index in [1.54, 1.807) is 0 Å². The first-order valence-electron chi connectivity index (χ1n) is 5.16. The molecule has 1 unspecified atom stereocenters. The van der Waals surface area contributed by atoms with E-state index in [-0.39, 0.29) is 0 Å². The highest BCUT2D eigenvalue weighted by atomic mass is 32.2. The molecule has 0 aromatic heterocycles. The van der Waals surface area contributed by atoms with Gasteiger partial charge >= 0.3 is 0 Å². The average molecular weight is 218 g/mol. The van der Waals surface area contributed by atoms with Crippen LogP contribution in [0.3, 0.4) is 0 Å². The quantitative estimate of drug-likeness (QED) is 0.724. The molecule has 0 radical (unpaired) electrons. The average Bonchev–Trinajstić information content (AvgIpc) is 2.29. The van der Waals surface area contributed by atoms with Gasteiger partial charge in [-0.3, -0.25) is 0 Å². The zero-order chi connectivity index (χ0) is 10.7. The van der Waals surface area contributed by atoms with Crippen LogP contribution in [0.1, 0.15) is 12.5 Å². The molecule has 1 aliphatic heterocycles. The maximum atomic E-state index is 8.71. The van der Waals surface area contributed by atoms with Crippen molar-refractivity contribution < 1.29 is 0 Å². The first kappa shape index (κ1) is 10.4. The molecule has 1 fully saturated rings. The van der Waals surface area contributed by atoms with E-state index in [1.807, 2.05) is 36.0 Å². The van der Waals surface area contributed by atoms with Crippen molar-refractivity contribution in [3.8, 4) is 6.07 Å². The molecule has 15 heavy (non-hydrogen) atoms. The fraction of sp³-hybridized carbons (Fsp3) is 0.417. The zero-order valence-corrected chi connectivity index (χ0v) is 9.63. The third kappa shape index (κ3) is 2.45. The molecule has 1 atom stereocenters. The van der Waals surface area contributed by atoms with Gasteiger partial charge < -0.3 is 4.90 Å². The third-order valence-electron chi connectivity index (χ3n) is 2.60. The maximum absolute atomic E-state index is 8.71. The summed E-state index contributed by atoms with van der Waals surface area (Å²) in [4.78, 5) is 2.39. The Morgan fingerprint density at radius 2 is 2.13 bits per heavy atom. The standard InChI is InChI=1S/C12H14N2S/c1-10-9-14(6-7-15-10)12-4-2-11(8-13)3-5-12/h2-5,10H,6-7,9H2,1H3. The van der Waals surface area contributed by atoms with Crippen LogP contribution in [-0.2, 0) is 0 Å². The van der Waals surface area contributed by atoms with E-state index in [2.05, 4.69) is 17.9 Å². The van der Waals surface area contributed by atoms with Crippen molar-refractivity contribution in [2.24, 2.45) is 0 Å². The van der Waals surface area contributed by atoms with Crippen LogP contribution in [0.5, 0.6) is 0 Å². The maximum Gasteiger partial charge on any atom is 0.0991 e. The summed E-state index contributed by atoms with van der Waals surface area (Å²) in [5, 5.41) is 9.42. The van der Waals surface area contributed by atoms with E-state index >= 15 is 0 Å². The van der Waals surface area contributed by atoms with Gasteiger partial charge in [-0.15, -0.1) is 0 Å². The van der Waals surface area contributed by atoms with Gasteiger partial charge in [0.25, 0.3) is 0 Å². The first-order valence-corrected chi connectivity index (χ1v) is 6.21. The molecule has 0 aliphatic carbocycles. The van der Waals surface area contributed by atoms with Crippen LogP contribution in [0.25, 0.3) is 0 Å². The Hall–Kier alpha value is -1.14. The fourth-order valence-corrected chi connectivity index (χ4v) is 2.81. The van der Waals surface area contributed by atoms with Crippen molar-refractivity contribution in [3.05, 3.63) is 29.8 Å². The summed E-state index contributed by atoms with van der Waals surface area (Å²) in [6, 6.07) is 10.0. The molecule has 1 heterocycles. The van der Waals surface area contributed by atoms with Crippen LogP contribution in [0, 0.1) is 11.3 Å². The molecule has 3 heteroatoms. The van der Waals surface area contributed by atoms with Crippen molar-refractivity contribution in [1.29, 1.82) is 5.26 Å². The van der Waals surface area contributed by atoms with E-state index in [1.165, 1.54) is 11.4 Å². The van der Waals surface area contributed by atoms with Crippen LogP contribution in [0.2, 0.25) is 0 Å². The molecule has 1 saturated heterocycles. The summed E-state index contributed by atoms with van der Waals surface area (Å²) < 4.78 is 0. The smallest absolute Gasteiger partial charge is 0.0991 e. The largest absolute Gasteiger partial charge is 0.370 e. The number of rotatable bonds is 1. The number of benzene rings is 1. The van der Waals surface area contributed by atoms with Crippen molar-refractivity contribution in [3.63, 3.8) is 0 Å². The van der Waals surface area contributed by atoms with Gasteiger partial charge in [0.1, 0.15) is 0 Å². The molecule has 0 spiro atoms. The second-order valence-electron chi connectivity index (χ2n) is 3.79. The van der Waals surface area contributed by atoms with Crippen molar-refractivity contribution in [2.75, 3.05) is 23.7 Å². The Morgan fingerprint density at radius 1 is 1.40 bits per heavy atom. The molecule has 2 rings (SSSR count). The number of hydrogen-bond donors (Lipinski definition) is 0. The Kier molecular flexibility index (Phi) is 3.17. The SMILES string of the molecule is CC1CN(c2ccc(C#N)cc2)CCS1. The fourth-order valence-electron chi connectivity index (χ4n) is 1.80. The Labute approximate surface area is 94.9 Å². The summed E-state index contributed by atoms with van der Waals surface area (Å²) in [5.74, 6) is 1.20. The summed E-state index contributed by atoms with van der Waals surface area (Å²) in [6.07, 6.45) is 0. The molecule has 0 N–H and O–H groups in total. The van der Waals surface area contributed by atoms with Crippen LogP contribution in [0.4, 0.5) is 5.69 Å². The molecule has 1 aliphatic rings. The lowest BCUT2D eigenvalue weighted by molar-refractivity contribution is 0.783. The van der Waals surface area contributed by atoms with Gasteiger partial charge in [0.2, 0.25) is 0 Å². The Morgan fingerprint density at radius 3 is 2.73 bits per heavy atom. The number of nitriles is 1. The molecule has 78 valence electrons. The van der Waals surface area contributed by atoms with Gasteiger partial charge in [0.15, 0.2) is 0 Å². The predicted molar refractivity (Wildman–Crippen MR) is 65.3 cm³/mol. The minimum atomic E-state index is 0.703. The molecule has 0 saturated carbocycles. The lowest BCUT2D eigenvalue weighted by Crippen LogP contribution is -2.36. The van der Waals surface area contributed by atoms with E-state index < -0.39 is 0 Å². The topological polar surface area (TPSA) is 27.0 Å². The van der Waals surface area contributed by atoms with Gasteiger partial charge in [0.05, 0.1) is 11.6 Å². The lowest BCUT2D eigenvalue weighted by Gasteiger charge is -2.32. The van der Waals surface area contributed by atoms with Crippen LogP contribution < -0.4 is 4.90 Å². The monoisotopic (exact) mass is 218 g/mol. The van der Waals surface area contributed by atoms with Crippen LogP contribution >= 0.6 is 11.8 Å². The molecule has 0 amide bonds. The van der Waals surface area contributed by atoms with E-state index in [9.17, 15) is 0 Å². The molecule has 1 aromatic carbocycles. The van der Waals surface area contributed by atoms with E-state index in [4.69, 9.17) is 5.26 Å². The normalized spacial score (nSPS) is 21.1. The molecule has 0 bridgehead atoms. The summed E-state index contributed by atoms with van der Waals surface area (Å²) in [6.45, 7) is 4.48. The molecule has 2 nitrogen and oxygen atoms in total. The van der Waals surface area contributed by atoms with E-state index in [0.717, 1.165) is 18.7 Å². The number of anilines is 1. The number of nitrogens with zero attached hydrogens (tertiary/aromatic N) is 2. The number of hydrogen-bond acceptors (Lipinski definition) is 3. The minimum Gasteiger partial charge on any atom is -0.370 e. The zero-order valence-electron chi connectivity index (χ0n) is 8.81. The minimum absolute atomic E-state index is 0.703. The van der Waals surface area contributed by atoms with Crippen molar-refractivity contribution >= 4 is 17.4 Å². The van der Waals surface area contributed by atoms with E-state index in [0.29, 0.717) is 5.25 Å². The van der Waals surface area contributed by atoms with Gasteiger partial charge in [-0.1, -0.05) is 6.92 Å². The van der Waals surface area contributed by atoms with Gasteiger partial charge in [0, 0.05) is 29.8 Å². The Bertz CT molecular complexity index is 366. The van der Waals surface area contributed by atoms with Gasteiger partial charge in [-0.25, -0.2) is 0 Å². The summed E-state index contributed by atoms with van der Waals surface area (Å²) in [7, 11) is 0. The van der Waals surface area contributed by atoms with Gasteiger partial charge in [-0.05, 0) is 24.3 Å². The molecular formula is C12H14N2S. The lowest BCUT2D eigenvalue weighted by atomic mass is 10.2. The van der Waals surface area contributed by atoms with Crippen molar-refractivity contribution in [2.45, 2.75) is 12.2 Å². The second kappa shape index (κ2) is 4.59. The Balaban J connectivity index is 2.12. The van der Waals surface area contributed by atoms with Crippen LogP contribution in [-0.4, -0.2) is 24.1 Å². The highest BCUT2D eigenvalue weighted by molar-refractivity contribution is 8.00. The summed E-state index contributed by atoms with van der Waals surface area (Å²) >= 11 is 2.03. The van der Waals surface area contributed by atoms with Gasteiger partial charge in [-0.2, -0.15) is 17.0 Å². The number of thioether (sulfide) groups is 1. The highest BCUT2D eigenvalue weighted by Gasteiger charge is 2.16. The highest BCUT2D eigenvalue weighted by Crippen LogP contribution is 2.23. The molecule has 1 aromatic rings. The molecular weight excluding hydrogens is 204 g/mol. The first-order chi connectivity index (χ1) is 7.29. The van der Waals surface area contributed by atoms with Crippen LogP contribution in [0.15, 0.2) is 24.3 Å². The van der Waals surface area contributed by atoms with Crippen molar-refractivity contribution in [1.82, 2.24) is 0 Å². The predicted octanol–water partition coefficient (Wildman–Crippen LogP) is 2.50. The summed E-state index contributed by atoms with van der Waals surface area (Å²) in [5.41, 5.74) is 1.97. The second-order valence-corrected chi connectivity index (χ2v) is 5.33. The third-order valence-corrected chi connectivity index (χ3v) is 3.74.